The fourth-order valence-electron chi connectivity index (χ4n) is 2.20. The quantitative estimate of drug-likeness (QED) is 0.360. The Kier molecular flexibility index (Phi) is 5.18. The highest BCUT2D eigenvalue weighted by molar-refractivity contribution is 5.87. The SMILES string of the molecule is C=C(C)C(=O)OCCNc1c(-c2ccc(N(C)C)cc2)c(=O)c1=O. The van der Waals surface area contributed by atoms with Crippen molar-refractivity contribution in [2.75, 3.05) is 37.5 Å². The lowest BCUT2D eigenvalue weighted by Crippen LogP contribution is -2.37. The molecule has 0 fully saturated rings. The molecule has 2 aromatic carbocycles. The molecule has 126 valence electrons. The molecule has 0 aromatic heterocycles. The Morgan fingerprint density at radius 2 is 1.79 bits per heavy atom. The molecule has 2 rings (SSSR count). The van der Waals surface area contributed by atoms with Gasteiger partial charge in [0.15, 0.2) is 0 Å². The van der Waals surface area contributed by atoms with Crippen LogP contribution in [0, 0.1) is 0 Å². The van der Waals surface area contributed by atoms with Gasteiger partial charge in [0.25, 0.3) is 0 Å². The molecule has 24 heavy (non-hydrogen) atoms. The molecule has 1 N–H and O–H groups in total. The van der Waals surface area contributed by atoms with E-state index >= 15 is 0 Å². The molecule has 2 aromatic rings. The van der Waals surface area contributed by atoms with Gasteiger partial charge in [0.1, 0.15) is 6.61 Å². The molecule has 0 aliphatic heterocycles. The van der Waals surface area contributed by atoms with Crippen LogP contribution in [0.25, 0.3) is 11.1 Å². The van der Waals surface area contributed by atoms with E-state index in [4.69, 9.17) is 4.74 Å². The first-order chi connectivity index (χ1) is 11.3. The molecule has 0 saturated carbocycles. The second-order valence-electron chi connectivity index (χ2n) is 5.69. The van der Waals surface area contributed by atoms with Crippen molar-refractivity contribution >= 4 is 17.3 Å². The average Bonchev–Trinajstić information content (AvgIpc) is 2.56. The highest BCUT2D eigenvalue weighted by atomic mass is 16.5. The Bertz CT molecular complexity index is 828. The molecule has 0 spiro atoms. The maximum Gasteiger partial charge on any atom is 0.333 e. The zero-order valence-corrected chi connectivity index (χ0v) is 14.0. The van der Waals surface area contributed by atoms with E-state index < -0.39 is 16.8 Å². The second-order valence-corrected chi connectivity index (χ2v) is 5.69. The lowest BCUT2D eigenvalue weighted by Gasteiger charge is -2.15. The minimum Gasteiger partial charge on any atom is -0.460 e. The summed E-state index contributed by atoms with van der Waals surface area (Å²) in [5, 5.41) is 2.87. The molecular weight excluding hydrogens is 308 g/mol. The highest BCUT2D eigenvalue weighted by Gasteiger charge is 2.22. The summed E-state index contributed by atoms with van der Waals surface area (Å²) in [6.07, 6.45) is 0. The van der Waals surface area contributed by atoms with Gasteiger partial charge >= 0.3 is 5.97 Å². The monoisotopic (exact) mass is 328 g/mol. The zero-order chi connectivity index (χ0) is 17.9. The average molecular weight is 328 g/mol. The fourth-order valence-corrected chi connectivity index (χ4v) is 2.20. The zero-order valence-electron chi connectivity index (χ0n) is 14.0. The predicted octanol–water partition coefficient (Wildman–Crippen LogP) is 1.55. The molecule has 0 radical (unpaired) electrons. The predicted molar refractivity (Wildman–Crippen MR) is 95.4 cm³/mol. The van der Waals surface area contributed by atoms with Crippen LogP contribution >= 0.6 is 0 Å². The molecule has 0 amide bonds. The lowest BCUT2D eigenvalue weighted by atomic mass is 9.98. The van der Waals surface area contributed by atoms with Crippen molar-refractivity contribution in [1.29, 1.82) is 0 Å². The van der Waals surface area contributed by atoms with Gasteiger partial charge in [-0.05, 0) is 24.6 Å². The van der Waals surface area contributed by atoms with Crippen molar-refractivity contribution in [3.63, 3.8) is 0 Å². The number of nitrogens with zero attached hydrogens (tertiary/aromatic N) is 1. The van der Waals surface area contributed by atoms with Gasteiger partial charge < -0.3 is 15.0 Å². The minimum atomic E-state index is -0.548. The lowest BCUT2D eigenvalue weighted by molar-refractivity contribution is -0.138. The van der Waals surface area contributed by atoms with E-state index in [1.54, 1.807) is 19.1 Å². The third-order valence-electron chi connectivity index (χ3n) is 3.57. The van der Waals surface area contributed by atoms with E-state index in [-0.39, 0.29) is 18.8 Å². The standard InChI is InChI=1S/C18H20N2O4/c1-11(2)18(23)24-10-9-19-15-14(16(21)17(15)22)12-5-7-13(8-6-12)20(3)4/h5-8,19H,1,9-10H2,2-4H3. The van der Waals surface area contributed by atoms with E-state index in [1.165, 1.54) is 0 Å². The molecule has 0 heterocycles. The number of carbonyl (C=O) groups excluding carboxylic acids is 1. The maximum atomic E-state index is 11.9. The Balaban J connectivity index is 2.07. The van der Waals surface area contributed by atoms with Crippen molar-refractivity contribution in [3.8, 4) is 11.1 Å². The first-order valence-corrected chi connectivity index (χ1v) is 7.50. The van der Waals surface area contributed by atoms with E-state index in [0.717, 1.165) is 5.69 Å². The minimum absolute atomic E-state index is 0.0868. The molecule has 0 saturated heterocycles. The van der Waals surface area contributed by atoms with Crippen LogP contribution in [0.5, 0.6) is 0 Å². The third kappa shape index (κ3) is 3.53. The Morgan fingerprint density at radius 3 is 2.33 bits per heavy atom. The number of esters is 1. The van der Waals surface area contributed by atoms with Gasteiger partial charge in [0.2, 0.25) is 10.9 Å². The van der Waals surface area contributed by atoms with Crippen LogP contribution < -0.4 is 21.1 Å². The number of nitrogens with one attached hydrogen (secondary N) is 1. The molecular formula is C18H20N2O4. The van der Waals surface area contributed by atoms with E-state index in [9.17, 15) is 14.4 Å². The second kappa shape index (κ2) is 7.12. The summed E-state index contributed by atoms with van der Waals surface area (Å²) in [6.45, 7) is 5.37. The number of hydrogen-bond acceptors (Lipinski definition) is 6. The van der Waals surface area contributed by atoms with Crippen molar-refractivity contribution in [2.45, 2.75) is 6.92 Å². The van der Waals surface area contributed by atoms with Crippen molar-refractivity contribution in [2.24, 2.45) is 0 Å². The number of ether oxygens (including phenoxy) is 1. The van der Waals surface area contributed by atoms with Crippen LogP contribution in [0.2, 0.25) is 0 Å². The molecule has 0 unspecified atom stereocenters. The van der Waals surface area contributed by atoms with E-state index in [0.29, 0.717) is 16.7 Å². The van der Waals surface area contributed by atoms with Crippen LogP contribution in [0.4, 0.5) is 11.4 Å². The van der Waals surface area contributed by atoms with Gasteiger partial charge in [-0.3, -0.25) is 9.59 Å². The molecule has 0 bridgehead atoms. The Morgan fingerprint density at radius 1 is 1.17 bits per heavy atom. The van der Waals surface area contributed by atoms with Crippen molar-refractivity contribution < 1.29 is 9.53 Å². The summed E-state index contributed by atoms with van der Waals surface area (Å²) in [4.78, 5) is 36.8. The maximum absolute atomic E-state index is 11.9. The van der Waals surface area contributed by atoms with E-state index in [2.05, 4.69) is 11.9 Å². The first-order valence-electron chi connectivity index (χ1n) is 7.50. The summed E-state index contributed by atoms with van der Waals surface area (Å²) in [6, 6.07) is 7.37. The highest BCUT2D eigenvalue weighted by Crippen LogP contribution is 2.25. The molecule has 0 aliphatic carbocycles. The molecule has 0 atom stereocenters. The Hall–Kier alpha value is -2.89. The van der Waals surface area contributed by atoms with Crippen LogP contribution in [0.1, 0.15) is 6.92 Å². The van der Waals surface area contributed by atoms with Crippen molar-refractivity contribution in [1.82, 2.24) is 0 Å². The normalized spacial score (nSPS) is 10.5. The summed E-state index contributed by atoms with van der Waals surface area (Å²) < 4.78 is 4.94. The molecule has 6 heteroatoms. The van der Waals surface area contributed by atoms with Gasteiger partial charge in [-0.15, -0.1) is 0 Å². The number of hydrogen-bond donors (Lipinski definition) is 1. The van der Waals surface area contributed by atoms with Gasteiger partial charge in [-0.1, -0.05) is 18.7 Å². The Labute approximate surface area is 140 Å². The van der Waals surface area contributed by atoms with Crippen LogP contribution in [0.15, 0.2) is 46.0 Å². The number of anilines is 2. The summed E-state index contributed by atoms with van der Waals surface area (Å²) in [5.41, 5.74) is 1.58. The number of rotatable bonds is 7. The van der Waals surface area contributed by atoms with Crippen LogP contribution in [-0.2, 0) is 9.53 Å². The molecule has 6 nitrogen and oxygen atoms in total. The number of carbonyl (C=O) groups is 1. The smallest absolute Gasteiger partial charge is 0.333 e. The molecule has 0 aliphatic rings. The third-order valence-corrected chi connectivity index (χ3v) is 3.57. The summed E-state index contributed by atoms with van der Waals surface area (Å²) >= 11 is 0. The van der Waals surface area contributed by atoms with E-state index in [1.807, 2.05) is 31.1 Å². The van der Waals surface area contributed by atoms with Gasteiger partial charge in [-0.25, -0.2) is 4.79 Å². The van der Waals surface area contributed by atoms with Gasteiger partial charge in [0.05, 0.1) is 11.3 Å². The number of benzene rings is 1. The van der Waals surface area contributed by atoms with Gasteiger partial charge in [0, 0.05) is 31.9 Å². The summed E-state index contributed by atoms with van der Waals surface area (Å²) in [5.74, 6) is -0.485. The van der Waals surface area contributed by atoms with Crippen LogP contribution in [-0.4, -0.2) is 33.2 Å². The fraction of sp³-hybridized carbons (Fsp3) is 0.278. The topological polar surface area (TPSA) is 75.7 Å². The first kappa shape index (κ1) is 17.5. The van der Waals surface area contributed by atoms with Gasteiger partial charge in [-0.2, -0.15) is 0 Å². The largest absolute Gasteiger partial charge is 0.460 e. The van der Waals surface area contributed by atoms with Crippen LogP contribution in [0.3, 0.4) is 0 Å². The van der Waals surface area contributed by atoms with Crippen molar-refractivity contribution in [3.05, 3.63) is 56.9 Å². The summed E-state index contributed by atoms with van der Waals surface area (Å²) in [7, 11) is 3.84.